The maximum Gasteiger partial charge on any atom is 0.147 e. The van der Waals surface area contributed by atoms with E-state index in [0.717, 1.165) is 5.39 Å². The fraction of sp³-hybridized carbons (Fsp3) is 0. The molecule has 0 unspecified atom stereocenters. The van der Waals surface area contributed by atoms with E-state index in [-0.39, 0.29) is 5.15 Å². The lowest BCUT2D eigenvalue weighted by atomic mass is 10.2. The summed E-state index contributed by atoms with van der Waals surface area (Å²) in [6, 6.07) is 5.57. The van der Waals surface area contributed by atoms with E-state index in [1.165, 1.54) is 0 Å². The molecule has 4 heteroatoms. The Labute approximate surface area is 79.6 Å². The summed E-state index contributed by atoms with van der Waals surface area (Å²) in [4.78, 5) is 7.92. The molecule has 3 nitrogen and oxygen atoms in total. The normalized spacial score (nSPS) is 9.85. The van der Waals surface area contributed by atoms with Gasteiger partial charge in [-0.1, -0.05) is 11.6 Å². The van der Waals surface area contributed by atoms with Gasteiger partial charge in [-0.3, -0.25) is 4.98 Å². The largest absolute Gasteiger partial charge is 0.255 e. The molecule has 2 rings (SSSR count). The Morgan fingerprint density at radius 1 is 1.38 bits per heavy atom. The van der Waals surface area contributed by atoms with Crippen LogP contribution in [0.25, 0.3) is 10.9 Å². The molecule has 62 valence electrons. The summed E-state index contributed by atoms with van der Waals surface area (Å²) in [6.07, 6.45) is 3.21. The number of rotatable bonds is 0. The van der Waals surface area contributed by atoms with Crippen molar-refractivity contribution in [2.24, 2.45) is 0 Å². The predicted molar refractivity (Wildman–Crippen MR) is 49.3 cm³/mol. The minimum absolute atomic E-state index is 0.225. The lowest BCUT2D eigenvalue weighted by molar-refractivity contribution is 1.29. The first-order chi connectivity index (χ1) is 6.33. The topological polar surface area (TPSA) is 49.6 Å². The van der Waals surface area contributed by atoms with Gasteiger partial charge in [0.2, 0.25) is 0 Å². The van der Waals surface area contributed by atoms with Gasteiger partial charge in [0.25, 0.3) is 0 Å². The van der Waals surface area contributed by atoms with E-state index in [4.69, 9.17) is 16.9 Å². The van der Waals surface area contributed by atoms with Crippen molar-refractivity contribution in [1.29, 1.82) is 5.26 Å². The summed E-state index contributed by atoms with van der Waals surface area (Å²) < 4.78 is 0. The van der Waals surface area contributed by atoms with Gasteiger partial charge in [-0.15, -0.1) is 0 Å². The highest BCUT2D eigenvalue weighted by Gasteiger charge is 2.05. The van der Waals surface area contributed by atoms with Crippen molar-refractivity contribution in [2.45, 2.75) is 0 Å². The van der Waals surface area contributed by atoms with Crippen LogP contribution >= 0.6 is 11.6 Å². The van der Waals surface area contributed by atoms with Crippen LogP contribution in [-0.4, -0.2) is 9.97 Å². The minimum Gasteiger partial charge on any atom is -0.255 e. The molecule has 0 amide bonds. The van der Waals surface area contributed by atoms with E-state index in [2.05, 4.69) is 9.97 Å². The van der Waals surface area contributed by atoms with E-state index in [0.29, 0.717) is 11.1 Å². The Morgan fingerprint density at radius 2 is 2.23 bits per heavy atom. The zero-order chi connectivity index (χ0) is 9.26. The summed E-state index contributed by atoms with van der Waals surface area (Å²) in [5.41, 5.74) is 1.07. The van der Waals surface area contributed by atoms with Crippen molar-refractivity contribution >= 4 is 22.5 Å². The summed E-state index contributed by atoms with van der Waals surface area (Å²) in [5, 5.41) is 9.78. The maximum atomic E-state index is 8.81. The molecule has 0 aromatic carbocycles. The van der Waals surface area contributed by atoms with Crippen LogP contribution in [0.5, 0.6) is 0 Å². The Morgan fingerprint density at radius 3 is 3.00 bits per heavy atom. The van der Waals surface area contributed by atoms with Gasteiger partial charge in [0.1, 0.15) is 11.2 Å². The molecule has 0 saturated carbocycles. The van der Waals surface area contributed by atoms with Gasteiger partial charge in [0.05, 0.1) is 17.3 Å². The third kappa shape index (κ3) is 1.21. The molecular formula is C9H4ClN3. The first-order valence-corrected chi connectivity index (χ1v) is 4.00. The number of hydrogen-bond acceptors (Lipinski definition) is 3. The van der Waals surface area contributed by atoms with Gasteiger partial charge in [0, 0.05) is 11.6 Å². The van der Waals surface area contributed by atoms with Crippen LogP contribution in [0.2, 0.25) is 5.15 Å². The number of pyridine rings is 2. The fourth-order valence-electron chi connectivity index (χ4n) is 1.13. The quantitative estimate of drug-likeness (QED) is 0.597. The number of fused-ring (bicyclic) bond motifs is 1. The Bertz CT molecular complexity index is 502. The molecule has 2 heterocycles. The fourth-order valence-corrected chi connectivity index (χ4v) is 1.32. The SMILES string of the molecule is N#Cc1c(Cl)ncc2ncccc12. The number of hydrogen-bond donors (Lipinski definition) is 0. The van der Waals surface area contributed by atoms with Crippen LogP contribution in [0.15, 0.2) is 24.5 Å². The van der Waals surface area contributed by atoms with Crippen LogP contribution in [0.3, 0.4) is 0 Å². The van der Waals surface area contributed by atoms with E-state index in [1.54, 1.807) is 24.5 Å². The van der Waals surface area contributed by atoms with Gasteiger partial charge in [-0.25, -0.2) is 4.98 Å². The van der Waals surface area contributed by atoms with Crippen LogP contribution < -0.4 is 0 Å². The Kier molecular flexibility index (Phi) is 1.84. The van der Waals surface area contributed by atoms with Gasteiger partial charge in [-0.2, -0.15) is 5.26 Å². The van der Waals surface area contributed by atoms with Crippen molar-refractivity contribution in [3.05, 3.63) is 35.2 Å². The molecule has 2 aromatic heterocycles. The van der Waals surface area contributed by atoms with Crippen molar-refractivity contribution in [3.8, 4) is 6.07 Å². The molecular weight excluding hydrogens is 186 g/mol. The summed E-state index contributed by atoms with van der Waals surface area (Å²) >= 11 is 5.74. The van der Waals surface area contributed by atoms with E-state index < -0.39 is 0 Å². The molecule has 0 spiro atoms. The standard InChI is InChI=1S/C9H4ClN3/c10-9-7(4-11)6-2-1-3-12-8(6)5-13-9/h1-3,5H. The first kappa shape index (κ1) is 7.96. The molecule has 0 aliphatic rings. The van der Waals surface area contributed by atoms with Gasteiger partial charge in [-0.05, 0) is 12.1 Å². The van der Waals surface area contributed by atoms with Crippen LogP contribution in [0.1, 0.15) is 5.56 Å². The number of aromatic nitrogens is 2. The minimum atomic E-state index is 0.225. The first-order valence-electron chi connectivity index (χ1n) is 3.62. The molecule has 0 saturated heterocycles. The van der Waals surface area contributed by atoms with E-state index >= 15 is 0 Å². The summed E-state index contributed by atoms with van der Waals surface area (Å²) in [6.45, 7) is 0. The highest BCUT2D eigenvalue weighted by Crippen LogP contribution is 2.20. The second kappa shape index (κ2) is 3.00. The monoisotopic (exact) mass is 189 g/mol. The molecule has 0 aliphatic heterocycles. The molecule has 0 atom stereocenters. The van der Waals surface area contributed by atoms with Crippen molar-refractivity contribution in [2.75, 3.05) is 0 Å². The van der Waals surface area contributed by atoms with Crippen molar-refractivity contribution in [1.82, 2.24) is 9.97 Å². The van der Waals surface area contributed by atoms with Gasteiger partial charge in [0.15, 0.2) is 0 Å². The second-order valence-electron chi connectivity index (χ2n) is 2.47. The summed E-state index contributed by atoms with van der Waals surface area (Å²) in [5.74, 6) is 0. The molecule has 2 aromatic rings. The molecule has 0 N–H and O–H groups in total. The number of nitrogens with zero attached hydrogens (tertiary/aromatic N) is 3. The van der Waals surface area contributed by atoms with Gasteiger partial charge >= 0.3 is 0 Å². The highest BCUT2D eigenvalue weighted by molar-refractivity contribution is 6.31. The number of nitriles is 1. The van der Waals surface area contributed by atoms with E-state index in [9.17, 15) is 0 Å². The molecule has 13 heavy (non-hydrogen) atoms. The van der Waals surface area contributed by atoms with Crippen LogP contribution in [0.4, 0.5) is 0 Å². The number of halogens is 1. The molecule has 0 fully saturated rings. The zero-order valence-corrected chi connectivity index (χ0v) is 7.28. The third-order valence-corrected chi connectivity index (χ3v) is 2.01. The van der Waals surface area contributed by atoms with E-state index in [1.807, 2.05) is 6.07 Å². The lowest BCUT2D eigenvalue weighted by Crippen LogP contribution is -1.87. The van der Waals surface area contributed by atoms with Crippen LogP contribution in [0, 0.1) is 11.3 Å². The summed E-state index contributed by atoms with van der Waals surface area (Å²) in [7, 11) is 0. The lowest BCUT2D eigenvalue weighted by Gasteiger charge is -1.98. The third-order valence-electron chi connectivity index (χ3n) is 1.73. The zero-order valence-electron chi connectivity index (χ0n) is 6.53. The van der Waals surface area contributed by atoms with Crippen molar-refractivity contribution in [3.63, 3.8) is 0 Å². The predicted octanol–water partition coefficient (Wildman–Crippen LogP) is 2.15. The smallest absolute Gasteiger partial charge is 0.147 e. The second-order valence-corrected chi connectivity index (χ2v) is 2.83. The Balaban J connectivity index is 2.94. The highest BCUT2D eigenvalue weighted by atomic mass is 35.5. The Hall–Kier alpha value is -1.66. The van der Waals surface area contributed by atoms with Crippen LogP contribution in [-0.2, 0) is 0 Å². The maximum absolute atomic E-state index is 8.81. The average Bonchev–Trinajstić information content (AvgIpc) is 2.18. The molecule has 0 radical (unpaired) electrons. The molecule has 0 bridgehead atoms. The van der Waals surface area contributed by atoms with Crippen molar-refractivity contribution < 1.29 is 0 Å². The van der Waals surface area contributed by atoms with Gasteiger partial charge < -0.3 is 0 Å². The average molecular weight is 190 g/mol. The molecule has 0 aliphatic carbocycles.